The highest BCUT2D eigenvalue weighted by atomic mass is 16.7. The fraction of sp³-hybridized carbons (Fsp3) is 0.462. The van der Waals surface area contributed by atoms with Gasteiger partial charge in [-0.15, -0.1) is 0 Å². The zero-order chi connectivity index (χ0) is 15.1. The molecule has 0 aliphatic heterocycles. The average Bonchev–Trinajstić information content (AvgIpc) is 2.50. The van der Waals surface area contributed by atoms with E-state index in [2.05, 4.69) is 9.72 Å². The van der Waals surface area contributed by atoms with E-state index in [1.54, 1.807) is 13.1 Å². The molecule has 1 aromatic heterocycles. The number of hydrogen-bond acceptors (Lipinski definition) is 6. The van der Waals surface area contributed by atoms with Crippen LogP contribution in [0.4, 0.5) is 0 Å². The number of amides is 1. The fourth-order valence-electron chi connectivity index (χ4n) is 1.58. The Morgan fingerprint density at radius 2 is 1.95 bits per heavy atom. The number of hydrogen-bond donors (Lipinski definition) is 0. The first kappa shape index (κ1) is 16.1. The largest absolute Gasteiger partial charge is 0.465 e. The van der Waals surface area contributed by atoms with Crippen LogP contribution in [0.1, 0.15) is 20.8 Å². The molecule has 0 aliphatic carbocycles. The Balaban J connectivity index is 2.94. The van der Waals surface area contributed by atoms with Gasteiger partial charge in [-0.3, -0.25) is 9.78 Å². The summed E-state index contributed by atoms with van der Waals surface area (Å²) in [7, 11) is 5.78. The lowest BCUT2D eigenvalue weighted by atomic mass is 10.2. The second kappa shape index (κ2) is 7.56. The highest BCUT2D eigenvalue weighted by molar-refractivity contribution is 6.03. The molecule has 1 heterocycles. The predicted molar refractivity (Wildman–Crippen MR) is 70.3 cm³/mol. The van der Waals surface area contributed by atoms with Crippen molar-refractivity contribution in [1.82, 2.24) is 9.88 Å². The van der Waals surface area contributed by atoms with Crippen LogP contribution in [0.15, 0.2) is 18.3 Å². The van der Waals surface area contributed by atoms with Crippen LogP contribution in [-0.4, -0.2) is 63.0 Å². The molecule has 0 unspecified atom stereocenters. The van der Waals surface area contributed by atoms with Crippen molar-refractivity contribution < 1.29 is 23.8 Å². The quantitative estimate of drug-likeness (QED) is 0.560. The van der Waals surface area contributed by atoms with Gasteiger partial charge in [0.15, 0.2) is 6.29 Å². The number of esters is 1. The third kappa shape index (κ3) is 3.75. The van der Waals surface area contributed by atoms with E-state index in [1.165, 1.54) is 38.5 Å². The summed E-state index contributed by atoms with van der Waals surface area (Å²) < 4.78 is 14.7. The van der Waals surface area contributed by atoms with Gasteiger partial charge >= 0.3 is 5.97 Å². The summed E-state index contributed by atoms with van der Waals surface area (Å²) in [5.74, 6) is -1.02. The molecule has 0 bridgehead atoms. The fourth-order valence-corrected chi connectivity index (χ4v) is 1.58. The average molecular weight is 282 g/mol. The molecule has 7 heteroatoms. The molecule has 0 saturated heterocycles. The molecule has 0 spiro atoms. The molecular formula is C13H18N2O5. The minimum atomic E-state index is -0.607. The van der Waals surface area contributed by atoms with Crippen LogP contribution in [0.25, 0.3) is 0 Å². The molecule has 1 aromatic rings. The number of nitrogens with zero attached hydrogens (tertiary/aromatic N) is 2. The highest BCUT2D eigenvalue weighted by Gasteiger charge is 2.23. The topological polar surface area (TPSA) is 78.0 Å². The van der Waals surface area contributed by atoms with Gasteiger partial charge in [0.2, 0.25) is 0 Å². The number of pyridine rings is 1. The molecule has 0 aliphatic rings. The van der Waals surface area contributed by atoms with Crippen molar-refractivity contribution in [3.8, 4) is 0 Å². The van der Waals surface area contributed by atoms with Crippen molar-refractivity contribution >= 4 is 11.9 Å². The SMILES string of the molecule is COC(=O)c1cccnc1C(=O)N(C)CC(OC)OC. The van der Waals surface area contributed by atoms with Crippen molar-refractivity contribution in [3.05, 3.63) is 29.6 Å². The molecule has 20 heavy (non-hydrogen) atoms. The van der Waals surface area contributed by atoms with Crippen molar-refractivity contribution in [2.24, 2.45) is 0 Å². The lowest BCUT2D eigenvalue weighted by molar-refractivity contribution is -0.110. The number of aromatic nitrogens is 1. The van der Waals surface area contributed by atoms with Gasteiger partial charge in [-0.2, -0.15) is 0 Å². The number of likely N-dealkylation sites (N-methyl/N-ethyl adjacent to an activating group) is 1. The van der Waals surface area contributed by atoms with Crippen LogP contribution < -0.4 is 0 Å². The van der Waals surface area contributed by atoms with E-state index in [0.717, 1.165) is 0 Å². The Morgan fingerprint density at radius 3 is 2.50 bits per heavy atom. The second-order valence-corrected chi connectivity index (χ2v) is 3.98. The van der Waals surface area contributed by atoms with E-state index in [-0.39, 0.29) is 17.8 Å². The first-order chi connectivity index (χ1) is 9.54. The Bertz CT molecular complexity index is 474. The Kier molecular flexibility index (Phi) is 6.08. The van der Waals surface area contributed by atoms with Gasteiger partial charge in [0, 0.05) is 27.5 Å². The number of methoxy groups -OCH3 is 3. The highest BCUT2D eigenvalue weighted by Crippen LogP contribution is 2.10. The van der Waals surface area contributed by atoms with Gasteiger partial charge in [-0.25, -0.2) is 4.79 Å². The summed E-state index contributed by atoms with van der Waals surface area (Å²) in [6, 6.07) is 3.06. The van der Waals surface area contributed by atoms with E-state index < -0.39 is 18.2 Å². The second-order valence-electron chi connectivity index (χ2n) is 3.98. The minimum Gasteiger partial charge on any atom is -0.465 e. The van der Waals surface area contributed by atoms with Gasteiger partial charge < -0.3 is 19.1 Å². The summed E-state index contributed by atoms with van der Waals surface area (Å²) in [5.41, 5.74) is 0.158. The van der Waals surface area contributed by atoms with Crippen LogP contribution in [0.5, 0.6) is 0 Å². The third-order valence-corrected chi connectivity index (χ3v) is 2.71. The zero-order valence-electron chi connectivity index (χ0n) is 12.0. The van der Waals surface area contributed by atoms with Crippen LogP contribution >= 0.6 is 0 Å². The monoisotopic (exact) mass is 282 g/mol. The van der Waals surface area contributed by atoms with Gasteiger partial charge in [0.1, 0.15) is 5.69 Å². The molecule has 110 valence electrons. The summed E-state index contributed by atoms with van der Waals surface area (Å²) in [6.45, 7) is 0.211. The number of rotatable bonds is 6. The first-order valence-corrected chi connectivity index (χ1v) is 5.89. The molecule has 0 atom stereocenters. The first-order valence-electron chi connectivity index (χ1n) is 5.89. The van der Waals surface area contributed by atoms with Crippen LogP contribution in [0.3, 0.4) is 0 Å². The molecule has 0 saturated carbocycles. The normalized spacial score (nSPS) is 10.4. The van der Waals surface area contributed by atoms with E-state index in [0.29, 0.717) is 0 Å². The summed E-state index contributed by atoms with van der Waals surface area (Å²) >= 11 is 0. The Hall–Kier alpha value is -1.99. The van der Waals surface area contributed by atoms with Crippen LogP contribution in [0, 0.1) is 0 Å². The van der Waals surface area contributed by atoms with Crippen LogP contribution in [-0.2, 0) is 14.2 Å². The standard InChI is InChI=1S/C13H18N2O5/c1-15(8-10(18-2)19-3)12(16)11-9(13(17)20-4)6-5-7-14-11/h5-7,10H,8H2,1-4H3. The maximum atomic E-state index is 12.3. The molecule has 0 radical (unpaired) electrons. The van der Waals surface area contributed by atoms with Crippen molar-refractivity contribution in [2.45, 2.75) is 6.29 Å². The lowest BCUT2D eigenvalue weighted by Gasteiger charge is -2.22. The van der Waals surface area contributed by atoms with E-state index >= 15 is 0 Å². The molecule has 0 N–H and O–H groups in total. The summed E-state index contributed by atoms with van der Waals surface area (Å²) in [4.78, 5) is 29.2. The van der Waals surface area contributed by atoms with Gasteiger partial charge in [0.25, 0.3) is 5.91 Å². The molecule has 1 rings (SSSR count). The van der Waals surface area contributed by atoms with Crippen LogP contribution in [0.2, 0.25) is 0 Å². The molecule has 7 nitrogen and oxygen atoms in total. The van der Waals surface area contributed by atoms with Gasteiger partial charge in [-0.05, 0) is 12.1 Å². The summed E-state index contributed by atoms with van der Waals surface area (Å²) in [6.07, 6.45) is 0.895. The zero-order valence-corrected chi connectivity index (χ0v) is 12.0. The predicted octanol–water partition coefficient (Wildman–Crippen LogP) is 0.559. The number of carbonyl (C=O) groups excluding carboxylic acids is 2. The maximum Gasteiger partial charge on any atom is 0.340 e. The molecule has 1 amide bonds. The van der Waals surface area contributed by atoms with Gasteiger partial charge in [0.05, 0.1) is 19.2 Å². The van der Waals surface area contributed by atoms with E-state index in [9.17, 15) is 9.59 Å². The molecule has 0 aromatic carbocycles. The van der Waals surface area contributed by atoms with Crippen molar-refractivity contribution in [3.63, 3.8) is 0 Å². The third-order valence-electron chi connectivity index (χ3n) is 2.71. The Morgan fingerprint density at radius 1 is 1.30 bits per heavy atom. The van der Waals surface area contributed by atoms with Gasteiger partial charge in [-0.1, -0.05) is 0 Å². The maximum absolute atomic E-state index is 12.3. The lowest BCUT2D eigenvalue weighted by Crippen LogP contribution is -2.37. The molecular weight excluding hydrogens is 264 g/mol. The number of carbonyl (C=O) groups is 2. The minimum absolute atomic E-state index is 0.0350. The smallest absolute Gasteiger partial charge is 0.340 e. The van der Waals surface area contributed by atoms with Crippen molar-refractivity contribution in [2.75, 3.05) is 34.9 Å². The van der Waals surface area contributed by atoms with Crippen molar-refractivity contribution in [1.29, 1.82) is 0 Å². The Labute approximate surface area is 117 Å². The number of ether oxygens (including phenoxy) is 3. The van der Waals surface area contributed by atoms with E-state index in [4.69, 9.17) is 9.47 Å². The van der Waals surface area contributed by atoms with E-state index in [1.807, 2.05) is 0 Å². The molecule has 0 fully saturated rings. The summed E-state index contributed by atoms with van der Waals surface area (Å²) in [5, 5.41) is 0.